The van der Waals surface area contributed by atoms with Gasteiger partial charge in [-0.25, -0.2) is 4.98 Å². The number of nitrogens with one attached hydrogen (secondary N) is 1. The molecular formula is C27H32N4OS. The number of carbonyl (C=O) groups excluding carboxylic acids is 1. The van der Waals surface area contributed by atoms with E-state index in [0.29, 0.717) is 17.5 Å². The second-order valence-electron chi connectivity index (χ2n) is 8.79. The fourth-order valence-electron chi connectivity index (χ4n) is 4.21. The van der Waals surface area contributed by atoms with Crippen molar-refractivity contribution in [1.29, 1.82) is 0 Å². The van der Waals surface area contributed by atoms with Crippen LogP contribution in [0.3, 0.4) is 0 Å². The normalized spacial score (nSPS) is 11.6. The molecule has 0 saturated carbocycles. The van der Waals surface area contributed by atoms with E-state index in [9.17, 15) is 4.79 Å². The van der Waals surface area contributed by atoms with E-state index in [4.69, 9.17) is 4.98 Å². The quantitative estimate of drug-likeness (QED) is 0.324. The Morgan fingerprint density at radius 1 is 1.12 bits per heavy atom. The Morgan fingerprint density at radius 3 is 2.55 bits per heavy atom. The largest absolute Gasteiger partial charge is 0.351 e. The molecule has 172 valence electrons. The van der Waals surface area contributed by atoms with Crippen LogP contribution in [0.4, 0.5) is 0 Å². The van der Waals surface area contributed by atoms with Crippen LogP contribution in [0.1, 0.15) is 46.8 Å². The van der Waals surface area contributed by atoms with Gasteiger partial charge in [-0.15, -0.1) is 11.3 Å². The fraction of sp³-hybridized carbons (Fsp3) is 0.333. The molecule has 3 heterocycles. The van der Waals surface area contributed by atoms with E-state index in [-0.39, 0.29) is 5.91 Å². The Bertz CT molecular complexity index is 1210. The number of fused-ring (bicyclic) bond motifs is 1. The minimum absolute atomic E-state index is 0.0297. The van der Waals surface area contributed by atoms with Gasteiger partial charge in [0.05, 0.1) is 5.69 Å². The summed E-state index contributed by atoms with van der Waals surface area (Å²) in [6.07, 6.45) is 4.88. The van der Waals surface area contributed by atoms with E-state index in [0.717, 1.165) is 46.7 Å². The van der Waals surface area contributed by atoms with Crippen LogP contribution in [-0.2, 0) is 6.54 Å². The van der Waals surface area contributed by atoms with Crippen LogP contribution in [0, 0.1) is 13.8 Å². The molecule has 0 radical (unpaired) electrons. The first-order chi connectivity index (χ1) is 15.9. The SMILES string of the molecule is Cc1cc(C)c2c(-n3cccc3)c(C(=O)NCCCN(Cc3ccccc3)C(C)C)sc2n1. The molecule has 1 aromatic carbocycles. The number of amides is 1. The molecule has 4 aromatic rings. The van der Waals surface area contributed by atoms with Crippen LogP contribution in [0.15, 0.2) is 60.9 Å². The molecule has 0 atom stereocenters. The minimum atomic E-state index is -0.0297. The van der Waals surface area contributed by atoms with Gasteiger partial charge in [0.25, 0.3) is 5.91 Å². The Hall–Kier alpha value is -2.96. The smallest absolute Gasteiger partial charge is 0.263 e. The maximum absolute atomic E-state index is 13.2. The number of aryl methyl sites for hydroxylation is 2. The van der Waals surface area contributed by atoms with Crippen LogP contribution in [0.25, 0.3) is 15.9 Å². The third-order valence-electron chi connectivity index (χ3n) is 5.90. The van der Waals surface area contributed by atoms with Gasteiger partial charge in [0.15, 0.2) is 0 Å². The van der Waals surface area contributed by atoms with Crippen molar-refractivity contribution in [1.82, 2.24) is 19.8 Å². The fourth-order valence-corrected chi connectivity index (χ4v) is 5.42. The van der Waals surface area contributed by atoms with Crippen molar-refractivity contribution >= 4 is 27.5 Å². The van der Waals surface area contributed by atoms with E-state index >= 15 is 0 Å². The molecule has 1 N–H and O–H groups in total. The second kappa shape index (κ2) is 10.3. The van der Waals surface area contributed by atoms with E-state index in [1.54, 1.807) is 0 Å². The third kappa shape index (κ3) is 5.34. The average molecular weight is 461 g/mol. The minimum Gasteiger partial charge on any atom is -0.351 e. The van der Waals surface area contributed by atoms with Crippen molar-refractivity contribution in [3.8, 4) is 5.69 Å². The van der Waals surface area contributed by atoms with Crippen molar-refractivity contribution in [2.24, 2.45) is 0 Å². The lowest BCUT2D eigenvalue weighted by Crippen LogP contribution is -2.34. The van der Waals surface area contributed by atoms with Crippen molar-refractivity contribution < 1.29 is 4.79 Å². The Morgan fingerprint density at radius 2 is 1.85 bits per heavy atom. The molecule has 0 fully saturated rings. The van der Waals surface area contributed by atoms with E-state index in [1.807, 2.05) is 42.1 Å². The highest BCUT2D eigenvalue weighted by molar-refractivity contribution is 7.21. The van der Waals surface area contributed by atoms with Gasteiger partial charge < -0.3 is 9.88 Å². The summed E-state index contributed by atoms with van der Waals surface area (Å²) in [5.74, 6) is -0.0297. The number of hydrogen-bond acceptors (Lipinski definition) is 4. The highest BCUT2D eigenvalue weighted by atomic mass is 32.1. The lowest BCUT2D eigenvalue weighted by atomic mass is 10.1. The molecule has 1 amide bonds. The Balaban J connectivity index is 1.46. The number of thiophene rings is 1. The highest BCUT2D eigenvalue weighted by Gasteiger charge is 2.22. The number of rotatable bonds is 9. The standard InChI is InChI=1S/C27H32N4OS/c1-19(2)31(18-22-11-6-5-7-12-22)16-10-13-28-26(32)25-24(30-14-8-9-15-30)23-20(3)17-21(4)29-27(23)33-25/h5-9,11-12,14-15,17,19H,10,13,16,18H2,1-4H3,(H,28,32). The molecule has 5 nitrogen and oxygen atoms in total. The highest BCUT2D eigenvalue weighted by Crippen LogP contribution is 2.35. The summed E-state index contributed by atoms with van der Waals surface area (Å²) in [6, 6.07) is 17.0. The molecule has 0 spiro atoms. The number of nitrogens with zero attached hydrogens (tertiary/aromatic N) is 3. The number of pyridine rings is 1. The summed E-state index contributed by atoms with van der Waals surface area (Å²) in [5, 5.41) is 4.21. The van der Waals surface area contributed by atoms with Gasteiger partial charge in [-0.1, -0.05) is 30.3 Å². The van der Waals surface area contributed by atoms with E-state index in [2.05, 4.69) is 61.3 Å². The zero-order chi connectivity index (χ0) is 23.4. The molecule has 33 heavy (non-hydrogen) atoms. The van der Waals surface area contributed by atoms with Crippen molar-refractivity contribution in [2.45, 2.75) is 46.7 Å². The molecule has 0 saturated heterocycles. The Kier molecular flexibility index (Phi) is 7.26. The lowest BCUT2D eigenvalue weighted by Gasteiger charge is -2.26. The molecule has 0 aliphatic heterocycles. The van der Waals surface area contributed by atoms with E-state index in [1.165, 1.54) is 16.9 Å². The predicted octanol–water partition coefficient (Wildman–Crippen LogP) is 5.73. The van der Waals surface area contributed by atoms with Gasteiger partial charge >= 0.3 is 0 Å². The molecule has 0 bridgehead atoms. The van der Waals surface area contributed by atoms with Crippen molar-refractivity contribution in [3.63, 3.8) is 0 Å². The lowest BCUT2D eigenvalue weighted by molar-refractivity contribution is 0.0954. The molecule has 0 aliphatic carbocycles. The van der Waals surface area contributed by atoms with Gasteiger partial charge in [-0.3, -0.25) is 9.69 Å². The monoisotopic (exact) mass is 460 g/mol. The summed E-state index contributed by atoms with van der Waals surface area (Å²) in [6.45, 7) is 11.0. The predicted molar refractivity (Wildman–Crippen MR) is 137 cm³/mol. The first kappa shape index (κ1) is 23.2. The summed E-state index contributed by atoms with van der Waals surface area (Å²) in [7, 11) is 0. The van der Waals surface area contributed by atoms with Crippen molar-refractivity contribution in [3.05, 3.63) is 82.6 Å². The summed E-state index contributed by atoms with van der Waals surface area (Å²) >= 11 is 1.48. The zero-order valence-electron chi connectivity index (χ0n) is 19.8. The van der Waals surface area contributed by atoms with Gasteiger partial charge in [-0.05, 0) is 63.4 Å². The van der Waals surface area contributed by atoms with Crippen LogP contribution in [-0.4, -0.2) is 39.5 Å². The molecule has 6 heteroatoms. The van der Waals surface area contributed by atoms with Crippen LogP contribution < -0.4 is 5.32 Å². The van der Waals surface area contributed by atoms with Crippen LogP contribution >= 0.6 is 11.3 Å². The molecule has 0 unspecified atom stereocenters. The van der Waals surface area contributed by atoms with Crippen LogP contribution in [0.5, 0.6) is 0 Å². The van der Waals surface area contributed by atoms with Gasteiger partial charge in [0.2, 0.25) is 0 Å². The summed E-state index contributed by atoms with van der Waals surface area (Å²) in [5.41, 5.74) is 4.36. The van der Waals surface area contributed by atoms with Gasteiger partial charge in [-0.2, -0.15) is 0 Å². The summed E-state index contributed by atoms with van der Waals surface area (Å²) < 4.78 is 2.03. The maximum atomic E-state index is 13.2. The van der Waals surface area contributed by atoms with Gasteiger partial charge in [0, 0.05) is 49.1 Å². The third-order valence-corrected chi connectivity index (χ3v) is 6.97. The zero-order valence-corrected chi connectivity index (χ0v) is 20.7. The number of carbonyl (C=O) groups is 1. The first-order valence-corrected chi connectivity index (χ1v) is 12.4. The topological polar surface area (TPSA) is 50.2 Å². The number of aromatic nitrogens is 2. The number of hydrogen-bond donors (Lipinski definition) is 1. The van der Waals surface area contributed by atoms with Crippen LogP contribution in [0.2, 0.25) is 0 Å². The maximum Gasteiger partial charge on any atom is 0.263 e. The molecule has 4 rings (SSSR count). The average Bonchev–Trinajstić information content (AvgIpc) is 3.44. The van der Waals surface area contributed by atoms with E-state index < -0.39 is 0 Å². The van der Waals surface area contributed by atoms with Crippen molar-refractivity contribution in [2.75, 3.05) is 13.1 Å². The second-order valence-corrected chi connectivity index (χ2v) is 9.79. The van der Waals surface area contributed by atoms with Gasteiger partial charge in [0.1, 0.15) is 9.71 Å². The molecule has 0 aliphatic rings. The molecular weight excluding hydrogens is 428 g/mol. The number of benzene rings is 1. The first-order valence-electron chi connectivity index (χ1n) is 11.5. The molecule has 3 aromatic heterocycles. The Labute approximate surface area is 200 Å². The summed E-state index contributed by atoms with van der Waals surface area (Å²) in [4.78, 5) is 22.0.